The highest BCUT2D eigenvalue weighted by molar-refractivity contribution is 9.10. The molecule has 0 aromatic heterocycles. The zero-order valence-corrected chi connectivity index (χ0v) is 13.7. The third kappa shape index (κ3) is 3.08. The number of ether oxygens (including phenoxy) is 2. The van der Waals surface area contributed by atoms with Crippen LogP contribution in [-0.4, -0.2) is 25.3 Å². The first-order valence-electron chi connectivity index (χ1n) is 7.70. The molecule has 1 saturated heterocycles. The topological polar surface area (TPSA) is 35.5 Å². The number of hydrogen-bond acceptors (Lipinski definition) is 3. The summed E-state index contributed by atoms with van der Waals surface area (Å²) in [7, 11) is 0. The van der Waals surface area contributed by atoms with Gasteiger partial charge in [-0.1, -0.05) is 34.1 Å². The van der Waals surface area contributed by atoms with E-state index in [0.717, 1.165) is 36.4 Å². The largest absolute Gasteiger partial charge is 0.347 e. The molecule has 1 aromatic rings. The smallest absolute Gasteiger partial charge is 0.171 e. The van der Waals surface area contributed by atoms with Crippen LogP contribution in [0.5, 0.6) is 0 Å². The third-order valence-corrected chi connectivity index (χ3v) is 5.58. The number of aldehydes is 1. The summed E-state index contributed by atoms with van der Waals surface area (Å²) in [6.45, 7) is 1.33. The molecule has 1 spiro atoms. The van der Waals surface area contributed by atoms with Gasteiger partial charge in [0.2, 0.25) is 0 Å². The van der Waals surface area contributed by atoms with Gasteiger partial charge in [-0.3, -0.25) is 0 Å². The molecule has 0 unspecified atom stereocenters. The minimum atomic E-state index is -0.471. The summed E-state index contributed by atoms with van der Waals surface area (Å²) in [5, 5.41) is 0. The molecule has 2 aliphatic rings. The van der Waals surface area contributed by atoms with E-state index in [1.165, 1.54) is 5.56 Å². The molecule has 0 bridgehead atoms. The molecule has 114 valence electrons. The molecule has 0 N–H and O–H groups in total. The number of carbonyl (C=O) groups is 1. The quantitative estimate of drug-likeness (QED) is 0.774. The van der Waals surface area contributed by atoms with Crippen LogP contribution < -0.4 is 0 Å². The number of rotatable bonds is 4. The highest BCUT2D eigenvalue weighted by Gasteiger charge is 2.49. The molecule has 1 saturated carbocycles. The van der Waals surface area contributed by atoms with Gasteiger partial charge in [0.05, 0.1) is 13.2 Å². The van der Waals surface area contributed by atoms with Gasteiger partial charge in [0.25, 0.3) is 0 Å². The van der Waals surface area contributed by atoms with E-state index in [1.807, 2.05) is 6.07 Å². The SMILES string of the molecule is O=CC[C@@H]1CCCC2(OCCO2)[C@H]1Cc1ccccc1Br. The summed E-state index contributed by atoms with van der Waals surface area (Å²) in [5.74, 6) is 0.125. The maximum atomic E-state index is 11.1. The molecule has 21 heavy (non-hydrogen) atoms. The van der Waals surface area contributed by atoms with Gasteiger partial charge in [-0.05, 0) is 36.8 Å². The summed E-state index contributed by atoms with van der Waals surface area (Å²) >= 11 is 3.63. The van der Waals surface area contributed by atoms with E-state index >= 15 is 0 Å². The fourth-order valence-electron chi connectivity index (χ4n) is 3.81. The predicted molar refractivity (Wildman–Crippen MR) is 84.0 cm³/mol. The van der Waals surface area contributed by atoms with Crippen molar-refractivity contribution in [2.45, 2.75) is 37.9 Å². The van der Waals surface area contributed by atoms with E-state index in [1.54, 1.807) is 0 Å². The molecule has 0 amide bonds. The van der Waals surface area contributed by atoms with Crippen LogP contribution in [0.3, 0.4) is 0 Å². The molecular weight excluding hydrogens is 332 g/mol. The molecule has 1 aliphatic carbocycles. The Morgan fingerprint density at radius 2 is 2.05 bits per heavy atom. The first-order chi connectivity index (χ1) is 10.2. The normalized spacial score (nSPS) is 27.9. The Hall–Kier alpha value is -0.710. The van der Waals surface area contributed by atoms with Crippen molar-refractivity contribution >= 4 is 22.2 Å². The maximum absolute atomic E-state index is 11.1. The Balaban J connectivity index is 1.88. The van der Waals surface area contributed by atoms with E-state index in [4.69, 9.17) is 9.47 Å². The second-order valence-electron chi connectivity index (χ2n) is 5.97. The average Bonchev–Trinajstić information content (AvgIpc) is 2.94. The minimum absolute atomic E-state index is 0.248. The zero-order chi connectivity index (χ0) is 14.7. The first kappa shape index (κ1) is 15.2. The molecule has 3 rings (SSSR count). The van der Waals surface area contributed by atoms with E-state index < -0.39 is 5.79 Å². The lowest BCUT2D eigenvalue weighted by molar-refractivity contribution is -0.225. The van der Waals surface area contributed by atoms with E-state index in [0.29, 0.717) is 25.6 Å². The highest BCUT2D eigenvalue weighted by Crippen LogP contribution is 2.46. The van der Waals surface area contributed by atoms with Crippen LogP contribution in [-0.2, 0) is 20.7 Å². The number of carbonyl (C=O) groups excluding carboxylic acids is 1. The Labute approximate surface area is 134 Å². The molecule has 2 fully saturated rings. The average molecular weight is 353 g/mol. The van der Waals surface area contributed by atoms with Crippen LogP contribution in [0.1, 0.15) is 31.2 Å². The second-order valence-corrected chi connectivity index (χ2v) is 6.82. The molecule has 3 nitrogen and oxygen atoms in total. The molecule has 1 aliphatic heterocycles. The first-order valence-corrected chi connectivity index (χ1v) is 8.49. The Bertz CT molecular complexity index is 497. The van der Waals surface area contributed by atoms with Crippen LogP contribution in [0.2, 0.25) is 0 Å². The predicted octanol–water partition coefficient (Wildman–Crippen LogP) is 3.74. The van der Waals surface area contributed by atoms with Gasteiger partial charge in [0.1, 0.15) is 6.29 Å². The van der Waals surface area contributed by atoms with Crippen LogP contribution >= 0.6 is 15.9 Å². The second kappa shape index (κ2) is 6.59. The fraction of sp³-hybridized carbons (Fsp3) is 0.588. The van der Waals surface area contributed by atoms with Gasteiger partial charge in [0, 0.05) is 23.2 Å². The summed E-state index contributed by atoms with van der Waals surface area (Å²) in [4.78, 5) is 11.1. The number of hydrogen-bond donors (Lipinski definition) is 0. The van der Waals surface area contributed by atoms with Crippen LogP contribution in [0.4, 0.5) is 0 Å². The van der Waals surface area contributed by atoms with Crippen LogP contribution in [0.15, 0.2) is 28.7 Å². The summed E-state index contributed by atoms with van der Waals surface area (Å²) in [6.07, 6.45) is 5.64. The Morgan fingerprint density at radius 1 is 1.29 bits per heavy atom. The van der Waals surface area contributed by atoms with Gasteiger partial charge in [0.15, 0.2) is 5.79 Å². The summed E-state index contributed by atoms with van der Waals surface area (Å²) in [5.41, 5.74) is 1.26. The Morgan fingerprint density at radius 3 is 2.76 bits per heavy atom. The molecule has 1 heterocycles. The van der Waals surface area contributed by atoms with Crippen molar-refractivity contribution in [3.63, 3.8) is 0 Å². The Kier molecular flexibility index (Phi) is 4.77. The standard InChI is InChI=1S/C17H21BrO3/c18-16-6-2-1-4-14(16)12-15-13(7-9-19)5-3-8-17(15)20-10-11-21-17/h1-2,4,6,9,13,15H,3,5,7-8,10-12H2/t13-,15-/m0/s1. The minimum Gasteiger partial charge on any atom is -0.347 e. The summed E-state index contributed by atoms with van der Waals surface area (Å²) < 4.78 is 13.2. The van der Waals surface area contributed by atoms with Crippen molar-refractivity contribution in [3.8, 4) is 0 Å². The van der Waals surface area contributed by atoms with Crippen molar-refractivity contribution in [1.29, 1.82) is 0 Å². The van der Waals surface area contributed by atoms with Gasteiger partial charge in [-0.15, -0.1) is 0 Å². The van der Waals surface area contributed by atoms with Crippen molar-refractivity contribution in [1.82, 2.24) is 0 Å². The zero-order valence-electron chi connectivity index (χ0n) is 12.1. The highest BCUT2D eigenvalue weighted by atomic mass is 79.9. The van der Waals surface area contributed by atoms with Crippen molar-refractivity contribution < 1.29 is 14.3 Å². The molecule has 0 radical (unpaired) electrons. The van der Waals surface area contributed by atoms with Crippen molar-refractivity contribution in [3.05, 3.63) is 34.3 Å². The lowest BCUT2D eigenvalue weighted by Gasteiger charge is -2.44. The maximum Gasteiger partial charge on any atom is 0.171 e. The molecule has 4 heteroatoms. The fourth-order valence-corrected chi connectivity index (χ4v) is 4.26. The van der Waals surface area contributed by atoms with E-state index in [2.05, 4.69) is 34.1 Å². The third-order valence-electron chi connectivity index (χ3n) is 4.81. The van der Waals surface area contributed by atoms with Crippen molar-refractivity contribution in [2.24, 2.45) is 11.8 Å². The summed E-state index contributed by atoms with van der Waals surface area (Å²) in [6, 6.07) is 8.28. The monoisotopic (exact) mass is 352 g/mol. The van der Waals surface area contributed by atoms with Crippen LogP contribution in [0, 0.1) is 11.8 Å². The van der Waals surface area contributed by atoms with E-state index in [9.17, 15) is 4.79 Å². The number of halogens is 1. The van der Waals surface area contributed by atoms with Gasteiger partial charge >= 0.3 is 0 Å². The van der Waals surface area contributed by atoms with E-state index in [-0.39, 0.29) is 5.92 Å². The molecular formula is C17H21BrO3. The number of benzene rings is 1. The molecule has 2 atom stereocenters. The van der Waals surface area contributed by atoms with Gasteiger partial charge in [-0.2, -0.15) is 0 Å². The van der Waals surface area contributed by atoms with Crippen LogP contribution in [0.25, 0.3) is 0 Å². The molecule has 1 aromatic carbocycles. The van der Waals surface area contributed by atoms with Gasteiger partial charge in [-0.25, -0.2) is 0 Å². The van der Waals surface area contributed by atoms with Crippen molar-refractivity contribution in [2.75, 3.05) is 13.2 Å². The lowest BCUT2D eigenvalue weighted by Crippen LogP contribution is -2.47. The van der Waals surface area contributed by atoms with Gasteiger partial charge < -0.3 is 14.3 Å². The lowest BCUT2D eigenvalue weighted by atomic mass is 9.71.